The minimum atomic E-state index is -4.45. The molecule has 1 amide bonds. The molecule has 4 aromatic rings. The number of fused-ring (bicyclic) bond motifs is 1. The Balaban J connectivity index is 1.70. The molecule has 4 rings (SSSR count). The summed E-state index contributed by atoms with van der Waals surface area (Å²) in [5.41, 5.74) is 3.59. The summed E-state index contributed by atoms with van der Waals surface area (Å²) < 4.78 is 40.2. The molecule has 2 N–H and O–H groups in total. The fourth-order valence-corrected chi connectivity index (χ4v) is 4.21. The van der Waals surface area contributed by atoms with Gasteiger partial charge in [0.05, 0.1) is 5.56 Å². The summed E-state index contributed by atoms with van der Waals surface area (Å²) in [6.45, 7) is 2.42. The lowest BCUT2D eigenvalue weighted by atomic mass is 9.86. The number of aryl methyl sites for hydroxylation is 1. The first-order valence-corrected chi connectivity index (χ1v) is 10.9. The van der Waals surface area contributed by atoms with Crippen molar-refractivity contribution < 1.29 is 18.0 Å². The van der Waals surface area contributed by atoms with Crippen LogP contribution < -0.4 is 5.32 Å². The van der Waals surface area contributed by atoms with Crippen molar-refractivity contribution in [2.24, 2.45) is 0 Å². The van der Waals surface area contributed by atoms with Crippen LogP contribution in [0.5, 0.6) is 0 Å². The van der Waals surface area contributed by atoms with E-state index in [0.29, 0.717) is 12.1 Å². The molecule has 3 nitrogen and oxygen atoms in total. The molecule has 1 aromatic heterocycles. The lowest BCUT2D eigenvalue weighted by Crippen LogP contribution is -2.25. The molecule has 33 heavy (non-hydrogen) atoms. The topological polar surface area (TPSA) is 44.9 Å². The highest BCUT2D eigenvalue weighted by atomic mass is 19.4. The highest BCUT2D eigenvalue weighted by molar-refractivity contribution is 5.88. The average molecular weight is 451 g/mol. The van der Waals surface area contributed by atoms with Crippen molar-refractivity contribution in [1.82, 2.24) is 10.3 Å². The van der Waals surface area contributed by atoms with E-state index in [1.54, 1.807) is 6.07 Å². The van der Waals surface area contributed by atoms with Gasteiger partial charge in [-0.15, -0.1) is 0 Å². The maximum atomic E-state index is 13.4. The van der Waals surface area contributed by atoms with Gasteiger partial charge in [-0.25, -0.2) is 0 Å². The molecule has 0 saturated carbocycles. The summed E-state index contributed by atoms with van der Waals surface area (Å²) in [7, 11) is 0. The number of carbonyl (C=O) groups is 1. The summed E-state index contributed by atoms with van der Waals surface area (Å²) in [6, 6.07) is 20.7. The Morgan fingerprint density at radius 3 is 2.48 bits per heavy atom. The third-order valence-corrected chi connectivity index (χ3v) is 5.93. The summed E-state index contributed by atoms with van der Waals surface area (Å²) in [4.78, 5) is 16.2. The predicted octanol–water partition coefficient (Wildman–Crippen LogP) is 6.59. The number of alkyl halides is 3. The number of aromatic amines is 1. The second-order valence-corrected chi connectivity index (χ2v) is 8.08. The summed E-state index contributed by atoms with van der Waals surface area (Å²) in [5.74, 6) is -0.744. The average Bonchev–Trinajstić information content (AvgIpc) is 3.25. The normalized spacial score (nSPS) is 12.6. The predicted molar refractivity (Wildman–Crippen MR) is 124 cm³/mol. The fourth-order valence-electron chi connectivity index (χ4n) is 4.21. The van der Waals surface area contributed by atoms with Gasteiger partial charge in [-0.1, -0.05) is 73.7 Å². The molecule has 170 valence electrons. The molecule has 3 aromatic carbocycles. The Hall–Kier alpha value is -3.54. The first-order valence-electron chi connectivity index (χ1n) is 10.9. The lowest BCUT2D eigenvalue weighted by Gasteiger charge is -2.19. The van der Waals surface area contributed by atoms with Crippen LogP contribution in [0.15, 0.2) is 79.0 Å². The molecular formula is C27H25F3N2O. The quantitative estimate of drug-likeness (QED) is 0.328. The van der Waals surface area contributed by atoms with Crippen LogP contribution in [0.2, 0.25) is 0 Å². The van der Waals surface area contributed by atoms with E-state index in [1.807, 2.05) is 54.7 Å². The van der Waals surface area contributed by atoms with Crippen molar-refractivity contribution >= 4 is 16.8 Å². The van der Waals surface area contributed by atoms with Crippen LogP contribution in [-0.4, -0.2) is 10.9 Å². The van der Waals surface area contributed by atoms with Crippen LogP contribution in [0, 0.1) is 0 Å². The zero-order chi connectivity index (χ0) is 23.4. The maximum Gasteiger partial charge on any atom is 0.416 e. The van der Waals surface area contributed by atoms with Crippen LogP contribution >= 0.6 is 0 Å². The number of H-pyrrole nitrogens is 1. The van der Waals surface area contributed by atoms with E-state index in [1.165, 1.54) is 6.07 Å². The van der Waals surface area contributed by atoms with E-state index in [9.17, 15) is 18.0 Å². The molecule has 0 saturated heterocycles. The van der Waals surface area contributed by atoms with Crippen molar-refractivity contribution in [1.29, 1.82) is 0 Å². The van der Waals surface area contributed by atoms with Crippen molar-refractivity contribution in [3.05, 3.63) is 107 Å². The highest BCUT2D eigenvalue weighted by Crippen LogP contribution is 2.37. The van der Waals surface area contributed by atoms with E-state index in [2.05, 4.69) is 17.2 Å². The minimum Gasteiger partial charge on any atom is -0.361 e. The summed E-state index contributed by atoms with van der Waals surface area (Å²) >= 11 is 0. The van der Waals surface area contributed by atoms with E-state index >= 15 is 0 Å². The number of para-hydroxylation sites is 1. The number of rotatable bonds is 7. The second kappa shape index (κ2) is 9.53. The largest absolute Gasteiger partial charge is 0.416 e. The third-order valence-electron chi connectivity index (χ3n) is 5.93. The van der Waals surface area contributed by atoms with Gasteiger partial charge in [-0.05, 0) is 34.7 Å². The van der Waals surface area contributed by atoms with Gasteiger partial charge in [0.25, 0.3) is 0 Å². The number of hydrogen-bond acceptors (Lipinski definition) is 1. The number of halogens is 3. The van der Waals surface area contributed by atoms with Crippen LogP contribution in [0.25, 0.3) is 10.9 Å². The Labute approximate surface area is 190 Å². The Morgan fingerprint density at radius 2 is 1.76 bits per heavy atom. The van der Waals surface area contributed by atoms with Crippen LogP contribution in [0.1, 0.15) is 47.1 Å². The zero-order valence-electron chi connectivity index (χ0n) is 18.2. The van der Waals surface area contributed by atoms with Gasteiger partial charge >= 0.3 is 6.18 Å². The first-order chi connectivity index (χ1) is 15.9. The zero-order valence-corrected chi connectivity index (χ0v) is 18.2. The SMILES string of the molecule is CCc1cccc2c([C@@H](CC(=O)NCc3ccccc3)c3cccc(C(F)(F)F)c3)c[nH]c12. The van der Waals surface area contributed by atoms with E-state index < -0.39 is 17.7 Å². The van der Waals surface area contributed by atoms with Crippen LogP contribution in [-0.2, 0) is 23.9 Å². The second-order valence-electron chi connectivity index (χ2n) is 8.08. The molecule has 0 aliphatic carbocycles. The van der Waals surface area contributed by atoms with E-state index in [4.69, 9.17) is 0 Å². The number of aromatic nitrogens is 1. The monoisotopic (exact) mass is 450 g/mol. The van der Waals surface area contributed by atoms with Crippen molar-refractivity contribution in [3.8, 4) is 0 Å². The maximum absolute atomic E-state index is 13.4. The number of amides is 1. The minimum absolute atomic E-state index is 0.0391. The lowest BCUT2D eigenvalue weighted by molar-refractivity contribution is -0.137. The Morgan fingerprint density at radius 1 is 1.00 bits per heavy atom. The van der Waals surface area contributed by atoms with Crippen LogP contribution in [0.4, 0.5) is 13.2 Å². The summed E-state index contributed by atoms with van der Waals surface area (Å²) in [6.07, 6.45) is -1.77. The van der Waals surface area contributed by atoms with Gasteiger partial charge in [0.1, 0.15) is 0 Å². The molecule has 0 spiro atoms. The standard InChI is InChI=1S/C27H25F3N2O/c1-2-19-10-7-13-22-24(17-32-26(19)22)23(20-11-6-12-21(14-20)27(28,29)30)15-25(33)31-16-18-8-4-3-5-9-18/h3-14,17,23,32H,2,15-16H2,1H3,(H,31,33)/t23-/m0/s1. The number of nitrogens with one attached hydrogen (secondary N) is 2. The van der Waals surface area contributed by atoms with Crippen molar-refractivity contribution in [2.75, 3.05) is 0 Å². The van der Waals surface area contributed by atoms with Gasteiger partial charge in [0.2, 0.25) is 5.91 Å². The molecular weight excluding hydrogens is 425 g/mol. The molecule has 0 aliphatic rings. The van der Waals surface area contributed by atoms with Gasteiger partial charge in [0.15, 0.2) is 0 Å². The highest BCUT2D eigenvalue weighted by Gasteiger charge is 2.32. The first kappa shape index (κ1) is 22.6. The smallest absolute Gasteiger partial charge is 0.361 e. The van der Waals surface area contributed by atoms with Gasteiger partial charge in [0, 0.05) is 36.0 Å². The Bertz CT molecular complexity index is 1250. The van der Waals surface area contributed by atoms with Crippen molar-refractivity contribution in [3.63, 3.8) is 0 Å². The third kappa shape index (κ3) is 5.11. The molecule has 0 radical (unpaired) electrons. The van der Waals surface area contributed by atoms with Crippen LogP contribution in [0.3, 0.4) is 0 Å². The number of carbonyl (C=O) groups excluding carboxylic acids is 1. The molecule has 1 heterocycles. The number of benzene rings is 3. The van der Waals surface area contributed by atoms with E-state index in [-0.39, 0.29) is 12.3 Å². The Kier molecular flexibility index (Phi) is 6.54. The van der Waals surface area contributed by atoms with Crippen molar-refractivity contribution in [2.45, 2.75) is 38.4 Å². The molecule has 0 aliphatic heterocycles. The summed E-state index contributed by atoms with van der Waals surface area (Å²) in [5, 5.41) is 3.83. The number of hydrogen-bond donors (Lipinski definition) is 2. The molecule has 0 unspecified atom stereocenters. The van der Waals surface area contributed by atoms with Gasteiger partial charge in [-0.3, -0.25) is 4.79 Å². The fraction of sp³-hybridized carbons (Fsp3) is 0.222. The molecule has 0 bridgehead atoms. The van der Waals surface area contributed by atoms with Gasteiger partial charge in [-0.2, -0.15) is 13.2 Å². The molecule has 0 fully saturated rings. The molecule has 1 atom stereocenters. The molecule has 6 heteroatoms. The van der Waals surface area contributed by atoms with E-state index in [0.717, 1.165) is 46.1 Å². The van der Waals surface area contributed by atoms with Gasteiger partial charge < -0.3 is 10.3 Å².